The minimum atomic E-state index is -3.62. The van der Waals surface area contributed by atoms with E-state index in [-0.39, 0.29) is 35.6 Å². The zero-order chi connectivity index (χ0) is 24.4. The van der Waals surface area contributed by atoms with Crippen LogP contribution < -0.4 is 11.0 Å². The van der Waals surface area contributed by atoms with Gasteiger partial charge >= 0.3 is 5.69 Å². The molecule has 2 aliphatic rings. The van der Waals surface area contributed by atoms with Crippen molar-refractivity contribution in [2.24, 2.45) is 0 Å². The Balaban J connectivity index is 1.23. The second kappa shape index (κ2) is 9.72. The van der Waals surface area contributed by atoms with Crippen LogP contribution in [0.15, 0.2) is 58.5 Å². The molecule has 184 valence electrons. The number of benzene rings is 1. The summed E-state index contributed by atoms with van der Waals surface area (Å²) >= 11 is 0. The summed E-state index contributed by atoms with van der Waals surface area (Å²) in [4.78, 5) is 29.8. The molecule has 1 aliphatic carbocycles. The first-order valence-corrected chi connectivity index (χ1v) is 12.9. The molecule has 0 radical (unpaired) electrons. The average Bonchev–Trinajstić information content (AvgIpc) is 3.68. The van der Waals surface area contributed by atoms with Crippen molar-refractivity contribution in [3.05, 3.63) is 64.8 Å². The van der Waals surface area contributed by atoms with Crippen molar-refractivity contribution in [2.75, 3.05) is 32.8 Å². The lowest BCUT2D eigenvalue weighted by atomic mass is 10.2. The molecular formula is C23H26N6O5S. The number of sulfonamides is 1. The predicted molar refractivity (Wildman–Crippen MR) is 126 cm³/mol. The molecule has 0 atom stereocenters. The fourth-order valence-corrected chi connectivity index (χ4v) is 5.42. The summed E-state index contributed by atoms with van der Waals surface area (Å²) in [6.45, 7) is 1.75. The van der Waals surface area contributed by atoms with E-state index in [0.717, 1.165) is 18.4 Å². The van der Waals surface area contributed by atoms with Gasteiger partial charge in [-0.25, -0.2) is 17.9 Å². The van der Waals surface area contributed by atoms with E-state index in [1.807, 2.05) is 6.07 Å². The van der Waals surface area contributed by atoms with Crippen molar-refractivity contribution in [2.45, 2.75) is 30.3 Å². The zero-order valence-electron chi connectivity index (χ0n) is 19.0. The Kier molecular flexibility index (Phi) is 6.50. The van der Waals surface area contributed by atoms with E-state index in [4.69, 9.17) is 4.74 Å². The number of rotatable bonds is 8. The Morgan fingerprint density at radius 3 is 2.51 bits per heavy atom. The molecule has 1 amide bonds. The Labute approximate surface area is 202 Å². The van der Waals surface area contributed by atoms with Crippen molar-refractivity contribution in [3.8, 4) is 11.4 Å². The third-order valence-electron chi connectivity index (χ3n) is 6.04. The van der Waals surface area contributed by atoms with Crippen LogP contribution in [0, 0.1) is 0 Å². The fraction of sp³-hybridized carbons (Fsp3) is 0.391. The van der Waals surface area contributed by atoms with Crippen LogP contribution in [0.4, 0.5) is 0 Å². The van der Waals surface area contributed by atoms with Crippen LogP contribution >= 0.6 is 0 Å². The maximum atomic E-state index is 12.9. The standard InChI is InChI=1S/C23H26N6O5S/c30-22(17-3-7-20(8-4-17)35(32,33)27-12-14-34-15-13-27)25-10-11-28-23(31)29(19-5-6-19)21(26-28)18-2-1-9-24-16-18/h1-4,7-9,16,19H,5-6,10-15H2,(H,25,30). The number of nitrogens with one attached hydrogen (secondary N) is 1. The third-order valence-corrected chi connectivity index (χ3v) is 7.95. The second-order valence-corrected chi connectivity index (χ2v) is 10.4. The number of hydrogen-bond donors (Lipinski definition) is 1. The predicted octanol–water partition coefficient (Wildman–Crippen LogP) is 0.893. The van der Waals surface area contributed by atoms with Gasteiger partial charge in [0.1, 0.15) is 0 Å². The van der Waals surface area contributed by atoms with Gasteiger partial charge in [0.25, 0.3) is 5.91 Å². The summed E-state index contributed by atoms with van der Waals surface area (Å²) in [5, 5.41) is 7.26. The maximum Gasteiger partial charge on any atom is 0.346 e. The van der Waals surface area contributed by atoms with E-state index in [9.17, 15) is 18.0 Å². The van der Waals surface area contributed by atoms with Gasteiger partial charge in [-0.3, -0.25) is 14.3 Å². The number of pyridine rings is 1. The van der Waals surface area contributed by atoms with Gasteiger partial charge in [-0.05, 0) is 49.2 Å². The molecule has 3 heterocycles. The lowest BCUT2D eigenvalue weighted by Crippen LogP contribution is -2.40. The number of hydrogen-bond acceptors (Lipinski definition) is 7. The van der Waals surface area contributed by atoms with Crippen LogP contribution in [-0.4, -0.2) is 70.8 Å². The maximum absolute atomic E-state index is 12.9. The van der Waals surface area contributed by atoms with Crippen LogP contribution in [0.3, 0.4) is 0 Å². The average molecular weight is 499 g/mol. The van der Waals surface area contributed by atoms with Crippen molar-refractivity contribution in [3.63, 3.8) is 0 Å². The van der Waals surface area contributed by atoms with E-state index < -0.39 is 10.0 Å². The highest BCUT2D eigenvalue weighted by Gasteiger charge is 2.30. The highest BCUT2D eigenvalue weighted by molar-refractivity contribution is 7.89. The van der Waals surface area contributed by atoms with Crippen molar-refractivity contribution in [1.29, 1.82) is 0 Å². The number of carbonyl (C=O) groups is 1. The first kappa shape index (κ1) is 23.4. The van der Waals surface area contributed by atoms with Crippen LogP contribution in [0.25, 0.3) is 11.4 Å². The molecule has 0 bridgehead atoms. The summed E-state index contributed by atoms with van der Waals surface area (Å²) in [6.07, 6.45) is 5.22. The SMILES string of the molecule is O=C(NCCn1nc(-c2cccnc2)n(C2CC2)c1=O)c1ccc(S(=O)(=O)N2CCOCC2)cc1. The van der Waals surface area contributed by atoms with Gasteiger partial charge < -0.3 is 10.1 Å². The van der Waals surface area contributed by atoms with Gasteiger partial charge in [-0.1, -0.05) is 0 Å². The lowest BCUT2D eigenvalue weighted by molar-refractivity contribution is 0.0730. The monoisotopic (exact) mass is 498 g/mol. The van der Waals surface area contributed by atoms with Crippen LogP contribution in [0.1, 0.15) is 29.2 Å². The molecule has 2 aromatic heterocycles. The van der Waals surface area contributed by atoms with E-state index >= 15 is 0 Å². The molecule has 1 N–H and O–H groups in total. The molecule has 1 saturated heterocycles. The minimum absolute atomic E-state index is 0.135. The largest absolute Gasteiger partial charge is 0.379 e. The Hall–Kier alpha value is -3.35. The quantitative estimate of drug-likeness (QED) is 0.488. The Morgan fingerprint density at radius 2 is 1.86 bits per heavy atom. The minimum Gasteiger partial charge on any atom is -0.379 e. The van der Waals surface area contributed by atoms with Crippen LogP contribution in [0.5, 0.6) is 0 Å². The summed E-state index contributed by atoms with van der Waals surface area (Å²) in [5.74, 6) is 0.219. The summed E-state index contributed by atoms with van der Waals surface area (Å²) in [7, 11) is -3.62. The zero-order valence-corrected chi connectivity index (χ0v) is 19.9. The van der Waals surface area contributed by atoms with Crippen molar-refractivity contribution < 1.29 is 17.9 Å². The van der Waals surface area contributed by atoms with Gasteiger partial charge in [-0.15, -0.1) is 5.10 Å². The van der Waals surface area contributed by atoms with Crippen molar-refractivity contribution >= 4 is 15.9 Å². The first-order valence-electron chi connectivity index (χ1n) is 11.5. The van der Waals surface area contributed by atoms with E-state index in [2.05, 4.69) is 15.4 Å². The highest BCUT2D eigenvalue weighted by atomic mass is 32.2. The highest BCUT2D eigenvalue weighted by Crippen LogP contribution is 2.36. The number of ether oxygens (including phenoxy) is 1. The van der Waals surface area contributed by atoms with Crippen LogP contribution in [-0.2, 0) is 21.3 Å². The molecule has 0 spiro atoms. The van der Waals surface area contributed by atoms with Crippen LogP contribution in [0.2, 0.25) is 0 Å². The number of amides is 1. The first-order chi connectivity index (χ1) is 16.9. The van der Waals surface area contributed by atoms with Crippen molar-refractivity contribution in [1.82, 2.24) is 29.0 Å². The van der Waals surface area contributed by atoms with E-state index in [0.29, 0.717) is 37.7 Å². The number of aromatic nitrogens is 4. The van der Waals surface area contributed by atoms with E-state index in [1.165, 1.54) is 33.3 Å². The number of nitrogens with zero attached hydrogens (tertiary/aromatic N) is 5. The summed E-state index contributed by atoms with van der Waals surface area (Å²) in [6, 6.07) is 9.64. The molecule has 5 rings (SSSR count). The molecule has 3 aromatic rings. The molecule has 11 nitrogen and oxygen atoms in total. The van der Waals surface area contributed by atoms with E-state index in [1.54, 1.807) is 23.0 Å². The Morgan fingerprint density at radius 1 is 1.11 bits per heavy atom. The van der Waals surface area contributed by atoms with Gasteiger partial charge in [0, 0.05) is 49.2 Å². The fourth-order valence-electron chi connectivity index (χ4n) is 4.01. The summed E-state index contributed by atoms with van der Waals surface area (Å²) in [5.41, 5.74) is 0.891. The molecular weight excluding hydrogens is 472 g/mol. The Bertz CT molecular complexity index is 1360. The molecule has 12 heteroatoms. The molecule has 1 saturated carbocycles. The smallest absolute Gasteiger partial charge is 0.346 e. The van der Waals surface area contributed by atoms with Gasteiger partial charge in [0.05, 0.1) is 24.7 Å². The lowest BCUT2D eigenvalue weighted by Gasteiger charge is -2.26. The molecule has 2 fully saturated rings. The summed E-state index contributed by atoms with van der Waals surface area (Å²) < 4.78 is 35.1. The molecule has 35 heavy (non-hydrogen) atoms. The third kappa shape index (κ3) is 4.90. The molecule has 1 aromatic carbocycles. The second-order valence-electron chi connectivity index (χ2n) is 8.47. The van der Waals surface area contributed by atoms with Gasteiger partial charge in [-0.2, -0.15) is 4.31 Å². The van der Waals surface area contributed by atoms with Gasteiger partial charge in [0.2, 0.25) is 10.0 Å². The number of morpholine rings is 1. The molecule has 1 aliphatic heterocycles. The van der Waals surface area contributed by atoms with Gasteiger partial charge in [0.15, 0.2) is 5.82 Å². The normalized spacial score (nSPS) is 16.8. The number of carbonyl (C=O) groups excluding carboxylic acids is 1. The molecule has 0 unspecified atom stereocenters. The topological polar surface area (TPSA) is 128 Å².